The molecule has 1 fully saturated rings. The van der Waals surface area contributed by atoms with Crippen LogP contribution in [-0.2, 0) is 20.3 Å². The molecule has 1 amide bonds. The largest absolute Gasteiger partial charge is 0.453 e. The number of halogens is 1. The van der Waals surface area contributed by atoms with Gasteiger partial charge in [-0.2, -0.15) is 0 Å². The zero-order valence-corrected chi connectivity index (χ0v) is 12.6. The molecular weight excluding hydrogens is 302 g/mol. The quantitative estimate of drug-likeness (QED) is 0.800. The number of hydrogen-bond donors (Lipinski definition) is 0. The van der Waals surface area contributed by atoms with Gasteiger partial charge in [0.2, 0.25) is 9.05 Å². The molecule has 7 heteroatoms. The van der Waals surface area contributed by atoms with Crippen LogP contribution in [-0.4, -0.2) is 37.8 Å². The van der Waals surface area contributed by atoms with E-state index < -0.39 is 20.4 Å². The molecule has 20 heavy (non-hydrogen) atoms. The smallest absolute Gasteiger partial charge is 0.410 e. The lowest BCUT2D eigenvalue weighted by molar-refractivity contribution is 0.0790. The minimum absolute atomic E-state index is 0.152. The van der Waals surface area contributed by atoms with Gasteiger partial charge in [0.1, 0.15) is 0 Å². The number of methoxy groups -OCH3 is 1. The van der Waals surface area contributed by atoms with Crippen molar-refractivity contribution in [1.29, 1.82) is 0 Å². The van der Waals surface area contributed by atoms with E-state index in [1.54, 1.807) is 4.90 Å². The van der Waals surface area contributed by atoms with E-state index in [1.807, 2.05) is 30.3 Å². The van der Waals surface area contributed by atoms with Crippen molar-refractivity contribution in [2.45, 2.75) is 30.7 Å². The number of hydrogen-bond acceptors (Lipinski definition) is 4. The molecule has 0 atom stereocenters. The van der Waals surface area contributed by atoms with Crippen LogP contribution in [0.15, 0.2) is 30.3 Å². The van der Waals surface area contributed by atoms with Crippen LogP contribution in [0, 0.1) is 0 Å². The Hall–Kier alpha value is -1.27. The molecule has 1 aromatic rings. The average Bonchev–Trinajstić information content (AvgIpc) is 2.34. The molecule has 0 aliphatic heterocycles. The Bertz CT molecular complexity index is 569. The first-order valence-electron chi connectivity index (χ1n) is 6.24. The highest BCUT2D eigenvalue weighted by Crippen LogP contribution is 2.34. The van der Waals surface area contributed by atoms with Gasteiger partial charge in [0, 0.05) is 23.3 Å². The highest BCUT2D eigenvalue weighted by atomic mass is 35.7. The lowest BCUT2D eigenvalue weighted by atomic mass is 9.90. The second kappa shape index (κ2) is 6.01. The van der Waals surface area contributed by atoms with Crippen LogP contribution in [0.3, 0.4) is 0 Å². The van der Waals surface area contributed by atoms with Gasteiger partial charge in [-0.25, -0.2) is 13.2 Å². The van der Waals surface area contributed by atoms with E-state index in [0.717, 1.165) is 5.56 Å². The Kier molecular flexibility index (Phi) is 4.55. The highest BCUT2D eigenvalue weighted by molar-refractivity contribution is 8.14. The summed E-state index contributed by atoms with van der Waals surface area (Å²) in [6, 6.07) is 9.33. The first-order chi connectivity index (χ1) is 9.41. The Morgan fingerprint density at radius 2 is 1.95 bits per heavy atom. The van der Waals surface area contributed by atoms with E-state index in [-0.39, 0.29) is 6.04 Å². The zero-order valence-electron chi connectivity index (χ0n) is 11.0. The minimum atomic E-state index is -3.54. The first kappa shape index (κ1) is 15.1. The lowest BCUT2D eigenvalue weighted by Gasteiger charge is -2.40. The number of carbonyl (C=O) groups excluding carboxylic acids is 1. The first-order valence-corrected chi connectivity index (χ1v) is 8.61. The third-order valence-electron chi connectivity index (χ3n) is 3.51. The molecule has 0 saturated heterocycles. The van der Waals surface area contributed by atoms with Crippen molar-refractivity contribution in [3.63, 3.8) is 0 Å². The van der Waals surface area contributed by atoms with Crippen LogP contribution in [0.4, 0.5) is 4.79 Å². The van der Waals surface area contributed by atoms with Crippen molar-refractivity contribution < 1.29 is 17.9 Å². The van der Waals surface area contributed by atoms with Gasteiger partial charge in [0.25, 0.3) is 0 Å². The monoisotopic (exact) mass is 317 g/mol. The van der Waals surface area contributed by atoms with E-state index in [0.29, 0.717) is 19.4 Å². The fraction of sp³-hybridized carbons (Fsp3) is 0.462. The van der Waals surface area contributed by atoms with Crippen LogP contribution in [0.1, 0.15) is 18.4 Å². The van der Waals surface area contributed by atoms with Gasteiger partial charge in [-0.1, -0.05) is 30.3 Å². The zero-order chi connectivity index (χ0) is 14.8. The summed E-state index contributed by atoms with van der Waals surface area (Å²) in [4.78, 5) is 13.4. The van der Waals surface area contributed by atoms with E-state index in [1.165, 1.54) is 7.11 Å². The van der Waals surface area contributed by atoms with Gasteiger partial charge >= 0.3 is 6.09 Å². The lowest BCUT2D eigenvalue weighted by Crippen LogP contribution is -2.51. The van der Waals surface area contributed by atoms with Crippen molar-refractivity contribution in [2.24, 2.45) is 0 Å². The van der Waals surface area contributed by atoms with Crippen LogP contribution < -0.4 is 0 Å². The maximum atomic E-state index is 11.8. The molecule has 0 radical (unpaired) electrons. The fourth-order valence-electron chi connectivity index (χ4n) is 2.26. The second-order valence-electron chi connectivity index (χ2n) is 4.81. The van der Waals surface area contributed by atoms with Gasteiger partial charge in [-0.15, -0.1) is 0 Å². The summed E-state index contributed by atoms with van der Waals surface area (Å²) in [7, 11) is 3.09. The molecule has 1 aromatic carbocycles. The summed E-state index contributed by atoms with van der Waals surface area (Å²) in [5.74, 6) is 0. The van der Waals surface area contributed by atoms with Crippen LogP contribution in [0.25, 0.3) is 0 Å². The maximum Gasteiger partial charge on any atom is 0.410 e. The maximum absolute atomic E-state index is 11.8. The predicted molar refractivity (Wildman–Crippen MR) is 76.0 cm³/mol. The van der Waals surface area contributed by atoms with E-state index >= 15 is 0 Å². The van der Waals surface area contributed by atoms with E-state index in [9.17, 15) is 13.2 Å². The molecule has 1 saturated carbocycles. The molecule has 0 N–H and O–H groups in total. The van der Waals surface area contributed by atoms with Gasteiger partial charge in [0.15, 0.2) is 0 Å². The molecule has 0 heterocycles. The fourth-order valence-corrected chi connectivity index (χ4v) is 3.60. The normalized spacial score (nSPS) is 21.9. The second-order valence-corrected chi connectivity index (χ2v) is 7.71. The summed E-state index contributed by atoms with van der Waals surface area (Å²) in [6.07, 6.45) is 0.255. The molecule has 1 aliphatic carbocycles. The molecule has 110 valence electrons. The molecule has 2 rings (SSSR count). The Morgan fingerprint density at radius 3 is 2.45 bits per heavy atom. The Balaban J connectivity index is 2.05. The molecule has 0 unspecified atom stereocenters. The molecule has 5 nitrogen and oxygen atoms in total. The topological polar surface area (TPSA) is 63.7 Å². The van der Waals surface area contributed by atoms with Gasteiger partial charge in [-0.3, -0.25) is 0 Å². The van der Waals surface area contributed by atoms with Crippen molar-refractivity contribution in [3.05, 3.63) is 35.9 Å². The van der Waals surface area contributed by atoms with Crippen molar-refractivity contribution in [1.82, 2.24) is 4.90 Å². The van der Waals surface area contributed by atoms with E-state index in [4.69, 9.17) is 15.4 Å². The number of ether oxygens (including phenoxy) is 1. The molecular formula is C13H16ClNO4S. The van der Waals surface area contributed by atoms with Crippen molar-refractivity contribution in [3.8, 4) is 0 Å². The third kappa shape index (κ3) is 3.43. The molecule has 0 aromatic heterocycles. The summed E-state index contributed by atoms with van der Waals surface area (Å²) in [6.45, 7) is 0.396. The molecule has 0 bridgehead atoms. The van der Waals surface area contributed by atoms with Crippen molar-refractivity contribution in [2.75, 3.05) is 7.11 Å². The van der Waals surface area contributed by atoms with Crippen LogP contribution in [0.5, 0.6) is 0 Å². The number of rotatable bonds is 4. The summed E-state index contributed by atoms with van der Waals surface area (Å²) in [5.41, 5.74) is 0.968. The molecule has 0 spiro atoms. The van der Waals surface area contributed by atoms with Crippen LogP contribution >= 0.6 is 10.7 Å². The Morgan fingerprint density at radius 1 is 1.35 bits per heavy atom. The number of nitrogens with zero attached hydrogens (tertiary/aromatic N) is 1. The summed E-state index contributed by atoms with van der Waals surface area (Å²) in [5, 5.41) is -0.572. The third-order valence-corrected chi connectivity index (χ3v) is 5.45. The number of amides is 1. The molecule has 1 aliphatic rings. The SMILES string of the molecule is COC(=O)N(Cc1ccccc1)C1CC(S(=O)(=O)Cl)C1. The van der Waals surface area contributed by atoms with Crippen LogP contribution in [0.2, 0.25) is 0 Å². The van der Waals surface area contributed by atoms with Gasteiger partial charge < -0.3 is 9.64 Å². The number of benzene rings is 1. The average molecular weight is 318 g/mol. The summed E-state index contributed by atoms with van der Waals surface area (Å²) < 4.78 is 27.2. The van der Waals surface area contributed by atoms with Gasteiger partial charge in [0.05, 0.1) is 12.4 Å². The van der Waals surface area contributed by atoms with Gasteiger partial charge in [-0.05, 0) is 18.4 Å². The summed E-state index contributed by atoms with van der Waals surface area (Å²) >= 11 is 0. The minimum Gasteiger partial charge on any atom is -0.453 e. The standard InChI is InChI=1S/C13H16ClNO4S/c1-19-13(16)15(9-10-5-3-2-4-6-10)11-7-12(8-11)20(14,17)18/h2-6,11-12H,7-9H2,1H3. The Labute approximate surface area is 122 Å². The van der Waals surface area contributed by atoms with E-state index in [2.05, 4.69) is 0 Å². The predicted octanol–water partition coefficient (Wildman–Crippen LogP) is 2.35. The number of carbonyl (C=O) groups is 1. The van der Waals surface area contributed by atoms with Crippen molar-refractivity contribution >= 4 is 25.8 Å². The highest BCUT2D eigenvalue weighted by Gasteiger charge is 2.42.